The number of hydrogen-bond donors (Lipinski definition) is 1. The summed E-state index contributed by atoms with van der Waals surface area (Å²) in [6, 6.07) is 11.7. The minimum absolute atomic E-state index is 0.0275. The molecule has 0 aliphatic carbocycles. The molecule has 0 spiro atoms. The van der Waals surface area contributed by atoms with Gasteiger partial charge in [-0.1, -0.05) is 12.1 Å². The summed E-state index contributed by atoms with van der Waals surface area (Å²) in [7, 11) is 1.59. The van der Waals surface area contributed by atoms with E-state index < -0.39 is 5.82 Å². The van der Waals surface area contributed by atoms with Gasteiger partial charge >= 0.3 is 0 Å². The van der Waals surface area contributed by atoms with E-state index in [1.54, 1.807) is 19.4 Å². The minimum Gasteiger partial charge on any atom is -0.496 e. The Morgan fingerprint density at radius 3 is 2.62 bits per heavy atom. The van der Waals surface area contributed by atoms with Crippen molar-refractivity contribution in [2.75, 3.05) is 12.8 Å². The number of halogens is 1. The van der Waals surface area contributed by atoms with E-state index in [4.69, 9.17) is 15.2 Å². The van der Waals surface area contributed by atoms with Crippen molar-refractivity contribution in [3.63, 3.8) is 0 Å². The Balaban J connectivity index is 2.13. The van der Waals surface area contributed by atoms with E-state index in [0.29, 0.717) is 5.75 Å². The molecule has 5 heteroatoms. The maximum absolute atomic E-state index is 13.8. The fourth-order valence-electron chi connectivity index (χ4n) is 2.14. The van der Waals surface area contributed by atoms with Gasteiger partial charge in [0.1, 0.15) is 5.75 Å². The highest BCUT2D eigenvalue weighted by molar-refractivity contribution is 5.92. The molecular formula is C16H13FN2O2. The molecule has 106 valence electrons. The lowest BCUT2D eigenvalue weighted by molar-refractivity contribution is 0.418. The number of nitrogens with two attached hydrogens (primary N) is 1. The number of nitrogen functional groups attached to an aromatic ring is 1. The Hall–Kier alpha value is -2.82. The summed E-state index contributed by atoms with van der Waals surface area (Å²) in [5, 5.41) is 1.56. The zero-order valence-electron chi connectivity index (χ0n) is 11.3. The molecule has 0 amide bonds. The molecule has 0 atom stereocenters. The first-order valence-electron chi connectivity index (χ1n) is 6.34. The molecule has 2 N–H and O–H groups in total. The van der Waals surface area contributed by atoms with Gasteiger partial charge in [-0.25, -0.2) is 9.37 Å². The van der Waals surface area contributed by atoms with E-state index in [1.165, 1.54) is 12.1 Å². The van der Waals surface area contributed by atoms with Crippen LogP contribution in [-0.4, -0.2) is 12.1 Å². The van der Waals surface area contributed by atoms with E-state index in [-0.39, 0.29) is 17.3 Å². The van der Waals surface area contributed by atoms with E-state index in [1.807, 2.05) is 24.3 Å². The van der Waals surface area contributed by atoms with Crippen LogP contribution in [0.15, 0.2) is 48.7 Å². The van der Waals surface area contributed by atoms with Crippen molar-refractivity contribution in [3.8, 4) is 17.4 Å². The quantitative estimate of drug-likeness (QED) is 0.744. The molecule has 0 aliphatic rings. The molecule has 0 bridgehead atoms. The van der Waals surface area contributed by atoms with E-state index in [9.17, 15) is 4.39 Å². The Bertz CT molecular complexity index is 785. The Kier molecular flexibility index (Phi) is 3.31. The topological polar surface area (TPSA) is 57.4 Å². The van der Waals surface area contributed by atoms with Crippen molar-refractivity contribution in [1.29, 1.82) is 0 Å². The van der Waals surface area contributed by atoms with Crippen LogP contribution < -0.4 is 15.2 Å². The number of fused-ring (bicyclic) bond motifs is 1. The zero-order chi connectivity index (χ0) is 14.8. The van der Waals surface area contributed by atoms with Gasteiger partial charge in [0.15, 0.2) is 11.6 Å². The molecule has 0 saturated heterocycles. The van der Waals surface area contributed by atoms with Crippen molar-refractivity contribution in [2.24, 2.45) is 0 Å². The Morgan fingerprint density at radius 2 is 1.86 bits per heavy atom. The van der Waals surface area contributed by atoms with Crippen LogP contribution >= 0.6 is 0 Å². The van der Waals surface area contributed by atoms with Gasteiger partial charge in [0.05, 0.1) is 12.8 Å². The van der Waals surface area contributed by atoms with Crippen LogP contribution in [0.1, 0.15) is 0 Å². The van der Waals surface area contributed by atoms with Crippen LogP contribution in [0.2, 0.25) is 0 Å². The summed E-state index contributed by atoms with van der Waals surface area (Å²) < 4.78 is 24.7. The van der Waals surface area contributed by atoms with Crippen molar-refractivity contribution >= 4 is 16.5 Å². The standard InChI is InChI=1S/C16H13FN2O2/c1-20-14-7-2-4-11-10(14)8-9-19-16(11)21-15-12(17)5-3-6-13(15)18/h2-9H,18H2,1H3. The second kappa shape index (κ2) is 5.28. The molecule has 0 fully saturated rings. The monoisotopic (exact) mass is 284 g/mol. The number of methoxy groups -OCH3 is 1. The number of benzene rings is 2. The second-order valence-corrected chi connectivity index (χ2v) is 4.43. The largest absolute Gasteiger partial charge is 0.496 e. The van der Waals surface area contributed by atoms with E-state index in [2.05, 4.69) is 4.98 Å². The molecule has 3 aromatic rings. The highest BCUT2D eigenvalue weighted by atomic mass is 19.1. The van der Waals surface area contributed by atoms with Gasteiger partial charge in [-0.2, -0.15) is 0 Å². The predicted molar refractivity (Wildman–Crippen MR) is 79.2 cm³/mol. The van der Waals surface area contributed by atoms with Gasteiger partial charge in [0.2, 0.25) is 5.88 Å². The average Bonchev–Trinajstić information content (AvgIpc) is 2.50. The Morgan fingerprint density at radius 1 is 1.05 bits per heavy atom. The first-order chi connectivity index (χ1) is 10.2. The molecule has 1 heterocycles. The molecule has 21 heavy (non-hydrogen) atoms. The van der Waals surface area contributed by atoms with Crippen LogP contribution in [0, 0.1) is 5.82 Å². The highest BCUT2D eigenvalue weighted by Crippen LogP contribution is 2.35. The molecule has 1 aromatic heterocycles. The van der Waals surface area contributed by atoms with Crippen LogP contribution in [0.4, 0.5) is 10.1 Å². The second-order valence-electron chi connectivity index (χ2n) is 4.43. The summed E-state index contributed by atoms with van der Waals surface area (Å²) in [6.45, 7) is 0. The van der Waals surface area contributed by atoms with E-state index in [0.717, 1.165) is 10.8 Å². The number of nitrogens with zero attached hydrogens (tertiary/aromatic N) is 1. The zero-order valence-corrected chi connectivity index (χ0v) is 11.3. The van der Waals surface area contributed by atoms with Crippen molar-refractivity contribution in [3.05, 3.63) is 54.5 Å². The van der Waals surface area contributed by atoms with Gasteiger partial charge in [-0.05, 0) is 30.3 Å². The number of pyridine rings is 1. The van der Waals surface area contributed by atoms with Crippen LogP contribution in [0.3, 0.4) is 0 Å². The first-order valence-corrected chi connectivity index (χ1v) is 6.34. The van der Waals surface area contributed by atoms with Crippen molar-refractivity contribution in [1.82, 2.24) is 4.98 Å². The number of hydrogen-bond acceptors (Lipinski definition) is 4. The van der Waals surface area contributed by atoms with E-state index >= 15 is 0 Å². The van der Waals surface area contributed by atoms with Crippen LogP contribution in [-0.2, 0) is 0 Å². The van der Waals surface area contributed by atoms with Gasteiger partial charge < -0.3 is 15.2 Å². The fraction of sp³-hybridized carbons (Fsp3) is 0.0625. The first kappa shape index (κ1) is 13.2. The van der Waals surface area contributed by atoms with Gasteiger partial charge in [-0.15, -0.1) is 0 Å². The van der Waals surface area contributed by atoms with Crippen LogP contribution in [0.5, 0.6) is 17.4 Å². The minimum atomic E-state index is -0.531. The normalized spacial score (nSPS) is 10.6. The molecule has 2 aromatic carbocycles. The lowest BCUT2D eigenvalue weighted by Gasteiger charge is -2.11. The van der Waals surface area contributed by atoms with Crippen molar-refractivity contribution < 1.29 is 13.9 Å². The maximum atomic E-state index is 13.8. The van der Waals surface area contributed by atoms with Crippen molar-refractivity contribution in [2.45, 2.75) is 0 Å². The maximum Gasteiger partial charge on any atom is 0.227 e. The summed E-state index contributed by atoms with van der Waals surface area (Å²) in [6.07, 6.45) is 1.58. The van der Waals surface area contributed by atoms with Crippen LogP contribution in [0.25, 0.3) is 10.8 Å². The molecular weight excluding hydrogens is 271 g/mol. The fourth-order valence-corrected chi connectivity index (χ4v) is 2.14. The smallest absolute Gasteiger partial charge is 0.227 e. The predicted octanol–water partition coefficient (Wildman–Crippen LogP) is 3.76. The summed E-state index contributed by atoms with van der Waals surface area (Å²) >= 11 is 0. The lowest BCUT2D eigenvalue weighted by atomic mass is 10.1. The molecule has 4 nitrogen and oxygen atoms in total. The number of ether oxygens (including phenoxy) is 2. The third-order valence-electron chi connectivity index (χ3n) is 3.15. The number of rotatable bonds is 3. The molecule has 3 rings (SSSR count). The molecule has 0 radical (unpaired) electrons. The van der Waals surface area contributed by atoms with Gasteiger partial charge in [0, 0.05) is 17.0 Å². The third kappa shape index (κ3) is 2.33. The highest BCUT2D eigenvalue weighted by Gasteiger charge is 2.13. The van der Waals surface area contributed by atoms with Gasteiger partial charge in [-0.3, -0.25) is 0 Å². The number of para-hydroxylation sites is 1. The third-order valence-corrected chi connectivity index (χ3v) is 3.15. The SMILES string of the molecule is COc1cccc2c(Oc3c(N)cccc3F)nccc12. The summed E-state index contributed by atoms with van der Waals surface area (Å²) in [5.74, 6) is 0.418. The number of aromatic nitrogens is 1. The Labute approximate surface area is 120 Å². The molecule has 0 aliphatic heterocycles. The lowest BCUT2D eigenvalue weighted by Crippen LogP contribution is -1.97. The summed E-state index contributed by atoms with van der Waals surface area (Å²) in [4.78, 5) is 4.16. The number of anilines is 1. The molecule has 0 saturated carbocycles. The molecule has 0 unspecified atom stereocenters. The summed E-state index contributed by atoms with van der Waals surface area (Å²) in [5.41, 5.74) is 5.97. The van der Waals surface area contributed by atoms with Gasteiger partial charge in [0.25, 0.3) is 0 Å². The average molecular weight is 284 g/mol.